The maximum atomic E-state index is 7.27. The molecule has 19 heavy (non-hydrogen) atoms. The molecule has 1 aliphatic carbocycles. The van der Waals surface area contributed by atoms with Gasteiger partial charge in [0.25, 0.3) is 0 Å². The van der Waals surface area contributed by atoms with E-state index in [4.69, 9.17) is 6.57 Å². The Kier molecular flexibility index (Phi) is 3.03. The van der Waals surface area contributed by atoms with Crippen LogP contribution in [0.15, 0.2) is 12.5 Å². The van der Waals surface area contributed by atoms with Gasteiger partial charge >= 0.3 is 0 Å². The highest BCUT2D eigenvalue weighted by Gasteiger charge is 2.23. The Balaban J connectivity index is 1.98. The van der Waals surface area contributed by atoms with Gasteiger partial charge in [0, 0.05) is 6.04 Å². The number of rotatable bonds is 2. The Bertz CT molecular complexity index is 626. The Morgan fingerprint density at radius 2 is 2.21 bits per heavy atom. The minimum atomic E-state index is 0.400. The van der Waals surface area contributed by atoms with Crippen molar-refractivity contribution in [2.75, 3.05) is 5.32 Å². The maximum Gasteiger partial charge on any atom is 0.233 e. The molecule has 2 aromatic heterocycles. The summed E-state index contributed by atoms with van der Waals surface area (Å²) in [5, 5.41) is 11.6. The zero-order valence-electron chi connectivity index (χ0n) is 10.9. The number of aromatic nitrogens is 4. The Labute approximate surface area is 111 Å². The minimum Gasteiger partial charge on any atom is -0.387 e. The van der Waals surface area contributed by atoms with Gasteiger partial charge in [0.1, 0.15) is 6.33 Å². The van der Waals surface area contributed by atoms with E-state index in [0.29, 0.717) is 23.3 Å². The molecular formula is C13H16N6. The number of nitrogens with one attached hydrogen (secondary N) is 1. The largest absolute Gasteiger partial charge is 0.387 e. The summed E-state index contributed by atoms with van der Waals surface area (Å²) >= 11 is 0. The van der Waals surface area contributed by atoms with Gasteiger partial charge in [-0.15, -0.1) is 9.73 Å². The third kappa shape index (κ3) is 2.12. The first kappa shape index (κ1) is 11.9. The van der Waals surface area contributed by atoms with Gasteiger partial charge in [-0.25, -0.2) is 9.83 Å². The van der Waals surface area contributed by atoms with Crippen LogP contribution >= 0.6 is 0 Å². The van der Waals surface area contributed by atoms with Gasteiger partial charge in [-0.3, -0.25) is 0 Å². The Morgan fingerprint density at radius 1 is 1.37 bits per heavy atom. The summed E-state index contributed by atoms with van der Waals surface area (Å²) in [6.45, 7) is 9.53. The Hall–Kier alpha value is -2.16. The van der Waals surface area contributed by atoms with Crippen molar-refractivity contribution in [1.82, 2.24) is 19.8 Å². The molecule has 0 aromatic carbocycles. The molecule has 0 radical (unpaired) electrons. The topological polar surface area (TPSA) is 59.5 Å². The molecule has 1 N–H and O–H groups in total. The van der Waals surface area contributed by atoms with Gasteiger partial charge in [0.2, 0.25) is 5.69 Å². The van der Waals surface area contributed by atoms with Crippen LogP contribution < -0.4 is 5.32 Å². The van der Waals surface area contributed by atoms with Crippen molar-refractivity contribution in [3.8, 4) is 0 Å². The molecule has 0 aliphatic heterocycles. The molecule has 2 aromatic rings. The highest BCUT2D eigenvalue weighted by Crippen LogP contribution is 2.32. The second kappa shape index (κ2) is 4.84. The molecule has 0 bridgehead atoms. The smallest absolute Gasteiger partial charge is 0.233 e. The lowest BCUT2D eigenvalue weighted by Crippen LogP contribution is -2.30. The molecule has 2 atom stereocenters. The summed E-state index contributed by atoms with van der Waals surface area (Å²) in [5.41, 5.74) is 1.91. The number of hydrogen-bond donors (Lipinski definition) is 1. The first-order chi connectivity index (χ1) is 9.29. The van der Waals surface area contributed by atoms with Crippen LogP contribution in [-0.4, -0.2) is 25.9 Å². The summed E-state index contributed by atoms with van der Waals surface area (Å²) in [6, 6.07) is 0.400. The molecule has 3 rings (SSSR count). The van der Waals surface area contributed by atoms with Crippen molar-refractivity contribution in [2.24, 2.45) is 5.92 Å². The summed E-state index contributed by atoms with van der Waals surface area (Å²) in [6.07, 6.45) is 7.92. The standard InChI is InChI=1S/C13H16N6/c1-9-5-3-4-6-10(9)18-12-11(14-2)7-16-19-13(12)15-8-17-19/h7-10,18H,3-6H2,1H3. The van der Waals surface area contributed by atoms with Crippen molar-refractivity contribution in [3.63, 3.8) is 0 Å². The normalized spacial score (nSPS) is 23.2. The average molecular weight is 256 g/mol. The number of hydrogen-bond acceptors (Lipinski definition) is 4. The summed E-state index contributed by atoms with van der Waals surface area (Å²) in [5.74, 6) is 0.614. The van der Waals surface area contributed by atoms with Gasteiger partial charge in [0.15, 0.2) is 5.65 Å². The summed E-state index contributed by atoms with van der Waals surface area (Å²) in [4.78, 5) is 7.74. The van der Waals surface area contributed by atoms with Gasteiger partial charge in [-0.1, -0.05) is 19.8 Å². The van der Waals surface area contributed by atoms with E-state index in [1.807, 2.05) is 0 Å². The van der Waals surface area contributed by atoms with Crippen LogP contribution in [0, 0.1) is 12.5 Å². The van der Waals surface area contributed by atoms with Crippen LogP contribution in [0.1, 0.15) is 32.6 Å². The molecule has 2 heterocycles. The van der Waals surface area contributed by atoms with E-state index in [2.05, 4.69) is 32.3 Å². The van der Waals surface area contributed by atoms with Crippen LogP contribution in [0.3, 0.4) is 0 Å². The zero-order chi connectivity index (χ0) is 13.2. The Morgan fingerprint density at radius 3 is 3.00 bits per heavy atom. The monoisotopic (exact) mass is 256 g/mol. The molecule has 1 aliphatic rings. The van der Waals surface area contributed by atoms with E-state index in [0.717, 1.165) is 12.1 Å². The molecule has 0 saturated heterocycles. The highest BCUT2D eigenvalue weighted by atomic mass is 15.4. The van der Waals surface area contributed by atoms with E-state index in [-0.39, 0.29) is 0 Å². The van der Waals surface area contributed by atoms with Crippen LogP contribution in [-0.2, 0) is 0 Å². The summed E-state index contributed by atoms with van der Waals surface area (Å²) in [7, 11) is 0. The molecule has 2 unspecified atom stereocenters. The molecular weight excluding hydrogens is 240 g/mol. The predicted molar refractivity (Wildman–Crippen MR) is 72.1 cm³/mol. The lowest BCUT2D eigenvalue weighted by atomic mass is 9.86. The first-order valence-electron chi connectivity index (χ1n) is 6.62. The third-order valence-electron chi connectivity index (χ3n) is 3.86. The molecule has 6 nitrogen and oxygen atoms in total. The van der Waals surface area contributed by atoms with E-state index in [1.54, 1.807) is 6.20 Å². The summed E-state index contributed by atoms with van der Waals surface area (Å²) < 4.78 is 1.46. The lowest BCUT2D eigenvalue weighted by Gasteiger charge is -2.30. The number of nitrogens with zero attached hydrogens (tertiary/aromatic N) is 5. The molecule has 1 fully saturated rings. The van der Waals surface area contributed by atoms with Crippen LogP contribution in [0.5, 0.6) is 0 Å². The van der Waals surface area contributed by atoms with Gasteiger partial charge in [-0.05, 0) is 18.8 Å². The quantitative estimate of drug-likeness (QED) is 0.839. The first-order valence-corrected chi connectivity index (χ1v) is 6.62. The highest BCUT2D eigenvalue weighted by molar-refractivity contribution is 5.81. The van der Waals surface area contributed by atoms with Crippen molar-refractivity contribution in [3.05, 3.63) is 23.9 Å². The van der Waals surface area contributed by atoms with E-state index in [1.165, 1.54) is 30.2 Å². The van der Waals surface area contributed by atoms with Crippen molar-refractivity contribution in [1.29, 1.82) is 0 Å². The average Bonchev–Trinajstić information content (AvgIpc) is 2.90. The number of anilines is 1. The van der Waals surface area contributed by atoms with Crippen molar-refractivity contribution in [2.45, 2.75) is 38.6 Å². The van der Waals surface area contributed by atoms with E-state index >= 15 is 0 Å². The molecule has 98 valence electrons. The second-order valence-electron chi connectivity index (χ2n) is 5.10. The predicted octanol–water partition coefficient (Wildman–Crippen LogP) is 2.67. The fourth-order valence-corrected chi connectivity index (χ4v) is 2.71. The maximum absolute atomic E-state index is 7.27. The second-order valence-corrected chi connectivity index (χ2v) is 5.10. The van der Waals surface area contributed by atoms with E-state index < -0.39 is 0 Å². The molecule has 0 amide bonds. The van der Waals surface area contributed by atoms with E-state index in [9.17, 15) is 0 Å². The van der Waals surface area contributed by atoms with Crippen molar-refractivity contribution < 1.29 is 0 Å². The van der Waals surface area contributed by atoms with Crippen LogP contribution in [0.2, 0.25) is 0 Å². The minimum absolute atomic E-state index is 0.400. The zero-order valence-corrected chi connectivity index (χ0v) is 10.9. The lowest BCUT2D eigenvalue weighted by molar-refractivity contribution is 0.349. The molecule has 6 heteroatoms. The fourth-order valence-electron chi connectivity index (χ4n) is 2.71. The third-order valence-corrected chi connectivity index (χ3v) is 3.86. The number of fused-ring (bicyclic) bond motifs is 1. The SMILES string of the molecule is [C-]#[N+]c1cnn2ncnc2c1NC1CCCCC1C. The molecule has 1 saturated carbocycles. The fraction of sp³-hybridized carbons (Fsp3) is 0.538. The van der Waals surface area contributed by atoms with Crippen molar-refractivity contribution >= 4 is 17.0 Å². The van der Waals surface area contributed by atoms with Crippen LogP contribution in [0.25, 0.3) is 10.5 Å². The van der Waals surface area contributed by atoms with Gasteiger partial charge in [-0.2, -0.15) is 5.10 Å². The van der Waals surface area contributed by atoms with Gasteiger partial charge in [0.05, 0.1) is 18.5 Å². The van der Waals surface area contributed by atoms with Crippen LogP contribution in [0.4, 0.5) is 11.4 Å². The van der Waals surface area contributed by atoms with Gasteiger partial charge < -0.3 is 5.32 Å². The molecule has 0 spiro atoms.